The summed E-state index contributed by atoms with van der Waals surface area (Å²) in [6.07, 6.45) is 2.00. The molecule has 1 atom stereocenters. The van der Waals surface area contributed by atoms with Gasteiger partial charge in [0.15, 0.2) is 0 Å². The average molecular weight is 288 g/mol. The molecule has 1 aromatic rings. The van der Waals surface area contributed by atoms with E-state index >= 15 is 0 Å². The molecule has 0 unspecified atom stereocenters. The molecule has 0 radical (unpaired) electrons. The van der Waals surface area contributed by atoms with Gasteiger partial charge in [0, 0.05) is 18.0 Å². The van der Waals surface area contributed by atoms with Gasteiger partial charge in [-0.2, -0.15) is 0 Å². The Morgan fingerprint density at radius 3 is 3.11 bits per heavy atom. The highest BCUT2D eigenvalue weighted by atomic mass is 35.5. The number of nitrogens with zero attached hydrogens (tertiary/aromatic N) is 1. The van der Waals surface area contributed by atoms with Crippen molar-refractivity contribution in [3.05, 3.63) is 21.3 Å². The fraction of sp³-hybridized carbons (Fsp3) is 0.615. The third-order valence-electron chi connectivity index (χ3n) is 3.13. The number of hydrogen-bond acceptors (Lipinski definition) is 4. The third kappa shape index (κ3) is 3.70. The molecule has 18 heavy (non-hydrogen) atoms. The highest BCUT2D eigenvalue weighted by Gasteiger charge is 2.26. The molecule has 3 nitrogen and oxygen atoms in total. The summed E-state index contributed by atoms with van der Waals surface area (Å²) in [6.45, 7) is 5.05. The van der Waals surface area contributed by atoms with Crippen molar-refractivity contribution in [1.29, 1.82) is 0 Å². The summed E-state index contributed by atoms with van der Waals surface area (Å²) >= 11 is 7.53. The summed E-state index contributed by atoms with van der Waals surface area (Å²) in [5.74, 6) is -0.0134. The molecule has 1 aliphatic heterocycles. The minimum atomic E-state index is -0.0496. The van der Waals surface area contributed by atoms with Crippen molar-refractivity contribution in [2.75, 3.05) is 19.7 Å². The van der Waals surface area contributed by atoms with E-state index < -0.39 is 0 Å². The molecule has 0 amide bonds. The third-order valence-corrected chi connectivity index (χ3v) is 4.35. The van der Waals surface area contributed by atoms with Crippen molar-refractivity contribution in [2.24, 2.45) is 5.92 Å². The van der Waals surface area contributed by atoms with Crippen LogP contribution in [0, 0.1) is 5.92 Å². The molecule has 2 heterocycles. The second-order valence-corrected chi connectivity index (χ2v) is 6.33. The highest BCUT2D eigenvalue weighted by molar-refractivity contribution is 7.16. The summed E-state index contributed by atoms with van der Waals surface area (Å²) in [4.78, 5) is 15.3. The normalized spacial score (nSPS) is 20.9. The predicted molar refractivity (Wildman–Crippen MR) is 74.0 cm³/mol. The number of piperidine rings is 1. The smallest absolute Gasteiger partial charge is 0.310 e. The Balaban J connectivity index is 1.88. The van der Waals surface area contributed by atoms with Crippen LogP contribution in [0.25, 0.3) is 0 Å². The molecule has 1 saturated heterocycles. The quantitative estimate of drug-likeness (QED) is 0.797. The molecule has 0 N–H and O–H groups in total. The van der Waals surface area contributed by atoms with Crippen molar-refractivity contribution < 1.29 is 9.53 Å². The first-order valence-electron chi connectivity index (χ1n) is 6.32. The summed E-state index contributed by atoms with van der Waals surface area (Å²) in [6, 6.07) is 3.98. The van der Waals surface area contributed by atoms with Crippen LogP contribution in [-0.4, -0.2) is 30.6 Å². The monoisotopic (exact) mass is 287 g/mol. The molecule has 0 saturated carbocycles. The Morgan fingerprint density at radius 1 is 1.61 bits per heavy atom. The minimum Gasteiger partial charge on any atom is -0.466 e. The van der Waals surface area contributed by atoms with Crippen molar-refractivity contribution >= 4 is 28.9 Å². The van der Waals surface area contributed by atoms with Gasteiger partial charge in [0.25, 0.3) is 0 Å². The van der Waals surface area contributed by atoms with E-state index in [0.717, 1.165) is 36.8 Å². The summed E-state index contributed by atoms with van der Waals surface area (Å²) in [5, 5.41) is 0. The van der Waals surface area contributed by atoms with Crippen LogP contribution in [0.5, 0.6) is 0 Å². The number of thiophene rings is 1. The first-order chi connectivity index (χ1) is 8.69. The molecule has 0 aliphatic carbocycles. The summed E-state index contributed by atoms with van der Waals surface area (Å²) in [5.41, 5.74) is 0. The maximum Gasteiger partial charge on any atom is 0.310 e. The van der Waals surface area contributed by atoms with Gasteiger partial charge in [0.2, 0.25) is 0 Å². The standard InChI is InChI=1S/C13H18ClNO2S/c1-2-17-13(16)10-4-3-7-15(8-10)9-11-5-6-12(14)18-11/h5-6,10H,2-4,7-9H2,1H3/t10-/m1/s1. The van der Waals surface area contributed by atoms with E-state index in [1.54, 1.807) is 11.3 Å². The van der Waals surface area contributed by atoms with Gasteiger partial charge in [0.05, 0.1) is 16.9 Å². The van der Waals surface area contributed by atoms with Gasteiger partial charge >= 0.3 is 5.97 Å². The number of hydrogen-bond donors (Lipinski definition) is 0. The maximum atomic E-state index is 11.7. The number of ether oxygens (including phenoxy) is 1. The fourth-order valence-electron chi connectivity index (χ4n) is 2.31. The molecule has 1 aliphatic rings. The van der Waals surface area contributed by atoms with E-state index in [1.165, 1.54) is 4.88 Å². The Bertz CT molecular complexity index is 407. The maximum absolute atomic E-state index is 11.7. The second kappa shape index (κ2) is 6.55. The van der Waals surface area contributed by atoms with E-state index in [9.17, 15) is 4.79 Å². The van der Waals surface area contributed by atoms with Gasteiger partial charge in [-0.15, -0.1) is 11.3 Å². The minimum absolute atomic E-state index is 0.0362. The van der Waals surface area contributed by atoms with Crippen molar-refractivity contribution in [3.8, 4) is 0 Å². The first kappa shape index (κ1) is 13.8. The highest BCUT2D eigenvalue weighted by Crippen LogP contribution is 2.25. The largest absolute Gasteiger partial charge is 0.466 e. The molecule has 1 fully saturated rings. The van der Waals surface area contributed by atoms with Crippen LogP contribution < -0.4 is 0 Å². The zero-order chi connectivity index (χ0) is 13.0. The van der Waals surface area contributed by atoms with Crippen LogP contribution in [0.1, 0.15) is 24.6 Å². The topological polar surface area (TPSA) is 29.5 Å². The lowest BCUT2D eigenvalue weighted by atomic mass is 9.98. The molecule has 100 valence electrons. The number of esters is 1. The van der Waals surface area contributed by atoms with Crippen LogP contribution in [0.2, 0.25) is 4.34 Å². The molecule has 5 heteroatoms. The van der Waals surface area contributed by atoms with E-state index in [1.807, 2.05) is 13.0 Å². The molecule has 1 aromatic heterocycles. The van der Waals surface area contributed by atoms with Gasteiger partial charge in [0.1, 0.15) is 0 Å². The molecule has 0 aromatic carbocycles. The van der Waals surface area contributed by atoms with Crippen molar-refractivity contribution in [1.82, 2.24) is 4.90 Å². The van der Waals surface area contributed by atoms with Crippen LogP contribution >= 0.6 is 22.9 Å². The Labute approximate surface area is 117 Å². The molecule has 0 bridgehead atoms. The number of carbonyl (C=O) groups is 1. The average Bonchev–Trinajstić information content (AvgIpc) is 2.75. The molecule has 2 rings (SSSR count). The zero-order valence-electron chi connectivity index (χ0n) is 10.5. The van der Waals surface area contributed by atoms with Gasteiger partial charge in [-0.25, -0.2) is 0 Å². The van der Waals surface area contributed by atoms with Crippen LogP contribution in [0.4, 0.5) is 0 Å². The van der Waals surface area contributed by atoms with Gasteiger partial charge < -0.3 is 4.74 Å². The van der Waals surface area contributed by atoms with Crippen molar-refractivity contribution in [2.45, 2.75) is 26.3 Å². The van der Waals surface area contributed by atoms with E-state index in [4.69, 9.17) is 16.3 Å². The Morgan fingerprint density at radius 2 is 2.44 bits per heavy atom. The van der Waals surface area contributed by atoms with E-state index in [0.29, 0.717) is 6.61 Å². The molecule has 0 spiro atoms. The number of carbonyl (C=O) groups excluding carboxylic acids is 1. The summed E-state index contributed by atoms with van der Waals surface area (Å²) in [7, 11) is 0. The lowest BCUT2D eigenvalue weighted by Gasteiger charge is -2.31. The molecular formula is C13H18ClNO2S. The van der Waals surface area contributed by atoms with Crippen LogP contribution in [0.15, 0.2) is 12.1 Å². The van der Waals surface area contributed by atoms with Crippen molar-refractivity contribution in [3.63, 3.8) is 0 Å². The first-order valence-corrected chi connectivity index (χ1v) is 7.51. The fourth-order valence-corrected chi connectivity index (χ4v) is 3.44. The second-order valence-electron chi connectivity index (χ2n) is 4.53. The number of likely N-dealkylation sites (tertiary alicyclic amines) is 1. The number of rotatable bonds is 4. The van der Waals surface area contributed by atoms with Crippen LogP contribution in [0.3, 0.4) is 0 Å². The van der Waals surface area contributed by atoms with Gasteiger partial charge in [-0.1, -0.05) is 11.6 Å². The predicted octanol–water partition coefficient (Wildman–Crippen LogP) is 3.18. The Hall–Kier alpha value is -0.580. The summed E-state index contributed by atoms with van der Waals surface area (Å²) < 4.78 is 5.92. The zero-order valence-corrected chi connectivity index (χ0v) is 12.1. The van der Waals surface area contributed by atoms with Gasteiger partial charge in [-0.05, 0) is 38.4 Å². The lowest BCUT2D eigenvalue weighted by Crippen LogP contribution is -2.38. The SMILES string of the molecule is CCOC(=O)[C@@H]1CCCN(Cc2ccc(Cl)s2)C1. The lowest BCUT2D eigenvalue weighted by molar-refractivity contribution is -0.150. The van der Waals surface area contributed by atoms with E-state index in [2.05, 4.69) is 11.0 Å². The Kier molecular flexibility index (Phi) is 5.03. The number of halogens is 1. The van der Waals surface area contributed by atoms with Gasteiger partial charge in [-0.3, -0.25) is 9.69 Å². The van der Waals surface area contributed by atoms with Crippen LogP contribution in [-0.2, 0) is 16.1 Å². The van der Waals surface area contributed by atoms with E-state index in [-0.39, 0.29) is 11.9 Å². The molecular weight excluding hydrogens is 270 g/mol.